The quantitative estimate of drug-likeness (QED) is 0.269. The Hall–Kier alpha value is -4.72. The molecular formula is C28H21F2N3O3. The van der Waals surface area contributed by atoms with Crippen LogP contribution >= 0.6 is 0 Å². The Kier molecular flexibility index (Phi) is 6.08. The van der Waals surface area contributed by atoms with Crippen molar-refractivity contribution in [3.05, 3.63) is 95.7 Å². The van der Waals surface area contributed by atoms with Gasteiger partial charge in [-0.15, -0.1) is 0 Å². The third-order valence-electron chi connectivity index (χ3n) is 5.76. The van der Waals surface area contributed by atoms with Crippen LogP contribution in [0.5, 0.6) is 11.5 Å². The van der Waals surface area contributed by atoms with Gasteiger partial charge < -0.3 is 20.1 Å². The maximum absolute atomic E-state index is 14.0. The molecule has 0 saturated heterocycles. The Morgan fingerprint density at radius 3 is 2.61 bits per heavy atom. The fourth-order valence-electron chi connectivity index (χ4n) is 4.10. The van der Waals surface area contributed by atoms with Crippen molar-refractivity contribution in [3.63, 3.8) is 0 Å². The molecule has 36 heavy (non-hydrogen) atoms. The minimum atomic E-state index is -0.703. The highest BCUT2D eigenvalue weighted by atomic mass is 19.1. The first kappa shape index (κ1) is 23.0. The third-order valence-corrected chi connectivity index (χ3v) is 5.76. The Morgan fingerprint density at radius 1 is 1.06 bits per heavy atom. The standard InChI is InChI=1S/C28H21F2N3O3/c1-36-25-10-16(6-8-24(25)34)7-9-26(35)31-15-20-14-22-21-4-2-3-5-23(21)33-28(22)27(32-20)17-11-18(29)13-19(30)12-17/h2-14,33-34H,15H2,1H3,(H,31,35)/b9-7+. The molecule has 0 fully saturated rings. The van der Waals surface area contributed by atoms with Crippen molar-refractivity contribution in [2.75, 3.05) is 7.11 Å². The number of fused-ring (bicyclic) bond motifs is 3. The Balaban J connectivity index is 1.46. The van der Waals surface area contributed by atoms with Crippen LogP contribution in [0.1, 0.15) is 11.3 Å². The second-order valence-corrected chi connectivity index (χ2v) is 8.20. The van der Waals surface area contributed by atoms with Gasteiger partial charge in [0.15, 0.2) is 11.5 Å². The van der Waals surface area contributed by atoms with Crippen molar-refractivity contribution in [2.45, 2.75) is 6.54 Å². The number of aromatic amines is 1. The molecule has 0 saturated carbocycles. The van der Waals surface area contributed by atoms with Crippen molar-refractivity contribution >= 4 is 33.8 Å². The predicted molar refractivity (Wildman–Crippen MR) is 134 cm³/mol. The van der Waals surface area contributed by atoms with Gasteiger partial charge in [-0.3, -0.25) is 4.79 Å². The lowest BCUT2D eigenvalue weighted by molar-refractivity contribution is -0.116. The highest BCUT2D eigenvalue weighted by Gasteiger charge is 2.15. The van der Waals surface area contributed by atoms with Crippen LogP contribution in [-0.4, -0.2) is 28.1 Å². The molecule has 0 radical (unpaired) electrons. The van der Waals surface area contributed by atoms with Gasteiger partial charge in [0.05, 0.1) is 30.6 Å². The number of hydrogen-bond donors (Lipinski definition) is 3. The van der Waals surface area contributed by atoms with Crippen molar-refractivity contribution in [1.82, 2.24) is 15.3 Å². The van der Waals surface area contributed by atoms with Crippen LogP contribution in [0, 0.1) is 11.6 Å². The normalized spacial score (nSPS) is 11.4. The topological polar surface area (TPSA) is 87.2 Å². The zero-order valence-electron chi connectivity index (χ0n) is 19.2. The first-order valence-corrected chi connectivity index (χ1v) is 11.1. The van der Waals surface area contributed by atoms with Gasteiger partial charge >= 0.3 is 0 Å². The van der Waals surface area contributed by atoms with E-state index >= 15 is 0 Å². The molecule has 5 aromatic rings. The summed E-state index contributed by atoms with van der Waals surface area (Å²) < 4.78 is 33.1. The number of nitrogens with one attached hydrogen (secondary N) is 2. The zero-order valence-corrected chi connectivity index (χ0v) is 19.2. The van der Waals surface area contributed by atoms with E-state index in [2.05, 4.69) is 15.3 Å². The molecule has 3 aromatic carbocycles. The molecule has 0 aliphatic rings. The van der Waals surface area contributed by atoms with Crippen LogP contribution in [0.25, 0.3) is 39.1 Å². The van der Waals surface area contributed by atoms with Gasteiger partial charge in [-0.1, -0.05) is 24.3 Å². The summed E-state index contributed by atoms with van der Waals surface area (Å²) in [6.07, 6.45) is 2.95. The summed E-state index contributed by atoms with van der Waals surface area (Å²) in [6, 6.07) is 17.5. The van der Waals surface area contributed by atoms with Crippen LogP contribution in [0.3, 0.4) is 0 Å². The fraction of sp³-hybridized carbons (Fsp3) is 0.0714. The lowest BCUT2D eigenvalue weighted by atomic mass is 10.1. The number of para-hydroxylation sites is 1. The van der Waals surface area contributed by atoms with E-state index in [9.17, 15) is 18.7 Å². The van der Waals surface area contributed by atoms with Crippen molar-refractivity contribution < 1.29 is 23.4 Å². The molecule has 8 heteroatoms. The number of benzene rings is 3. The number of halogens is 2. The van der Waals surface area contributed by atoms with Crippen LogP contribution in [0.4, 0.5) is 8.78 Å². The van der Waals surface area contributed by atoms with E-state index in [1.165, 1.54) is 31.4 Å². The molecule has 6 nitrogen and oxygen atoms in total. The number of carbonyl (C=O) groups is 1. The van der Waals surface area contributed by atoms with Crippen LogP contribution < -0.4 is 10.1 Å². The van der Waals surface area contributed by atoms with Gasteiger partial charge in [-0.25, -0.2) is 13.8 Å². The highest BCUT2D eigenvalue weighted by Crippen LogP contribution is 2.33. The molecule has 0 atom stereocenters. The number of H-pyrrole nitrogens is 1. The van der Waals surface area contributed by atoms with E-state index in [0.29, 0.717) is 33.8 Å². The number of hydrogen-bond acceptors (Lipinski definition) is 4. The number of pyridine rings is 1. The van der Waals surface area contributed by atoms with Gasteiger partial charge in [-0.05, 0) is 48.0 Å². The van der Waals surface area contributed by atoms with E-state index in [1.54, 1.807) is 18.2 Å². The second kappa shape index (κ2) is 9.50. The number of amides is 1. The fourth-order valence-corrected chi connectivity index (χ4v) is 4.10. The number of nitrogens with zero attached hydrogens (tertiary/aromatic N) is 1. The smallest absolute Gasteiger partial charge is 0.244 e. The Labute approximate surface area is 204 Å². The molecule has 0 aliphatic carbocycles. The van der Waals surface area contributed by atoms with E-state index in [1.807, 2.05) is 30.3 Å². The molecule has 3 N–H and O–H groups in total. The molecule has 2 heterocycles. The summed E-state index contributed by atoms with van der Waals surface area (Å²) in [7, 11) is 1.44. The largest absolute Gasteiger partial charge is 0.504 e. The predicted octanol–water partition coefficient (Wildman–Crippen LogP) is 5.71. The van der Waals surface area contributed by atoms with Gasteiger partial charge in [0.1, 0.15) is 11.6 Å². The van der Waals surface area contributed by atoms with Crippen LogP contribution in [0.2, 0.25) is 0 Å². The highest BCUT2D eigenvalue weighted by molar-refractivity contribution is 6.11. The zero-order chi connectivity index (χ0) is 25.2. The molecular weight excluding hydrogens is 464 g/mol. The van der Waals surface area contributed by atoms with Crippen LogP contribution in [-0.2, 0) is 11.3 Å². The maximum atomic E-state index is 14.0. The summed E-state index contributed by atoms with van der Waals surface area (Å²) >= 11 is 0. The van der Waals surface area contributed by atoms with E-state index in [0.717, 1.165) is 22.4 Å². The molecule has 5 rings (SSSR count). The van der Waals surface area contributed by atoms with E-state index in [4.69, 9.17) is 4.74 Å². The van der Waals surface area contributed by atoms with E-state index < -0.39 is 11.6 Å². The number of aromatic nitrogens is 2. The number of carbonyl (C=O) groups excluding carboxylic acids is 1. The number of ether oxygens (including phenoxy) is 1. The second-order valence-electron chi connectivity index (χ2n) is 8.20. The summed E-state index contributed by atoms with van der Waals surface area (Å²) in [4.78, 5) is 20.4. The molecule has 0 unspecified atom stereocenters. The van der Waals surface area contributed by atoms with Crippen molar-refractivity contribution in [3.8, 4) is 22.8 Å². The Bertz CT molecular complexity index is 1620. The SMILES string of the molecule is COc1cc(/C=C/C(=O)NCc2cc3c([nH]c4ccccc43)c(-c3cc(F)cc(F)c3)n2)ccc1O. The number of aromatic hydroxyl groups is 1. The number of phenolic OH excluding ortho intramolecular Hbond substituents is 1. The first-order chi connectivity index (χ1) is 17.4. The number of methoxy groups -OCH3 is 1. The maximum Gasteiger partial charge on any atom is 0.244 e. The molecule has 1 amide bonds. The Morgan fingerprint density at radius 2 is 1.83 bits per heavy atom. The van der Waals surface area contributed by atoms with Crippen molar-refractivity contribution in [2.24, 2.45) is 0 Å². The monoisotopic (exact) mass is 485 g/mol. The lowest BCUT2D eigenvalue weighted by Gasteiger charge is -2.09. The third kappa shape index (κ3) is 4.61. The molecule has 0 aliphatic heterocycles. The molecule has 0 spiro atoms. The number of phenols is 1. The van der Waals surface area contributed by atoms with Crippen molar-refractivity contribution in [1.29, 1.82) is 0 Å². The summed E-state index contributed by atoms with van der Waals surface area (Å²) in [5, 5.41) is 14.3. The molecule has 0 bridgehead atoms. The lowest BCUT2D eigenvalue weighted by Crippen LogP contribution is -2.21. The first-order valence-electron chi connectivity index (χ1n) is 11.1. The summed E-state index contributed by atoms with van der Waals surface area (Å²) in [5.74, 6) is -1.46. The van der Waals surface area contributed by atoms with Gasteiger partial charge in [-0.2, -0.15) is 0 Å². The molecule has 180 valence electrons. The van der Waals surface area contributed by atoms with Gasteiger partial charge in [0, 0.05) is 34.0 Å². The minimum absolute atomic E-state index is 0.00633. The number of rotatable bonds is 6. The van der Waals surface area contributed by atoms with Crippen LogP contribution in [0.15, 0.2) is 72.8 Å². The minimum Gasteiger partial charge on any atom is -0.504 e. The summed E-state index contributed by atoms with van der Waals surface area (Å²) in [5.41, 5.74) is 3.39. The van der Waals surface area contributed by atoms with Gasteiger partial charge in [0.2, 0.25) is 5.91 Å². The average Bonchev–Trinajstić information content (AvgIpc) is 3.24. The summed E-state index contributed by atoms with van der Waals surface area (Å²) in [6.45, 7) is 0.0995. The van der Waals surface area contributed by atoms with E-state index in [-0.39, 0.29) is 18.2 Å². The van der Waals surface area contributed by atoms with Gasteiger partial charge in [0.25, 0.3) is 0 Å². The average molecular weight is 485 g/mol. The molecule has 2 aromatic heterocycles.